The molecule has 82 valence electrons. The van der Waals surface area contributed by atoms with Crippen molar-refractivity contribution in [3.8, 4) is 0 Å². The molecule has 0 aromatic heterocycles. The van der Waals surface area contributed by atoms with Crippen molar-refractivity contribution in [2.45, 2.75) is 19.8 Å². The zero-order chi connectivity index (χ0) is 11.3. The van der Waals surface area contributed by atoms with Crippen LogP contribution in [0.3, 0.4) is 0 Å². The van der Waals surface area contributed by atoms with E-state index in [2.05, 4.69) is 5.32 Å². The van der Waals surface area contributed by atoms with Gasteiger partial charge in [0.25, 0.3) is 0 Å². The topological polar surface area (TPSA) is 29.1 Å². The molecule has 0 aliphatic rings. The standard InChI is InChI=1S/C11H13ClFNO/c1-8-4-2-5-9(13)11(8)14-10(15)6-3-7-12/h2,4-5H,3,6-7H2,1H3,(H,14,15). The fourth-order valence-corrected chi connectivity index (χ4v) is 1.35. The van der Waals surface area contributed by atoms with Crippen molar-refractivity contribution in [3.05, 3.63) is 29.6 Å². The van der Waals surface area contributed by atoms with Crippen molar-refractivity contribution in [2.75, 3.05) is 11.2 Å². The lowest BCUT2D eigenvalue weighted by molar-refractivity contribution is -0.116. The highest BCUT2D eigenvalue weighted by Crippen LogP contribution is 2.18. The van der Waals surface area contributed by atoms with Crippen molar-refractivity contribution in [1.29, 1.82) is 0 Å². The number of benzene rings is 1. The van der Waals surface area contributed by atoms with Crippen LogP contribution in [-0.2, 0) is 4.79 Å². The molecule has 1 aromatic carbocycles. The molecule has 0 fully saturated rings. The lowest BCUT2D eigenvalue weighted by Crippen LogP contribution is -2.13. The largest absolute Gasteiger partial charge is 0.323 e. The van der Waals surface area contributed by atoms with Crippen LogP contribution in [0.4, 0.5) is 10.1 Å². The van der Waals surface area contributed by atoms with Crippen molar-refractivity contribution in [2.24, 2.45) is 0 Å². The molecule has 0 saturated heterocycles. The Kier molecular flexibility index (Phi) is 4.56. The van der Waals surface area contributed by atoms with Crippen molar-refractivity contribution >= 4 is 23.2 Å². The molecular weight excluding hydrogens is 217 g/mol. The van der Waals surface area contributed by atoms with E-state index >= 15 is 0 Å². The molecule has 0 bridgehead atoms. The molecule has 0 aliphatic carbocycles. The monoisotopic (exact) mass is 229 g/mol. The Morgan fingerprint density at radius 3 is 2.87 bits per heavy atom. The fourth-order valence-electron chi connectivity index (χ4n) is 1.22. The van der Waals surface area contributed by atoms with Crippen LogP contribution in [0.25, 0.3) is 0 Å². The highest BCUT2D eigenvalue weighted by molar-refractivity contribution is 6.18. The maximum absolute atomic E-state index is 13.3. The normalized spacial score (nSPS) is 10.1. The Hall–Kier alpha value is -1.09. The lowest BCUT2D eigenvalue weighted by atomic mass is 10.2. The van der Waals surface area contributed by atoms with Gasteiger partial charge in [-0.15, -0.1) is 11.6 Å². The molecule has 0 radical (unpaired) electrons. The zero-order valence-electron chi connectivity index (χ0n) is 8.52. The first-order valence-electron chi connectivity index (χ1n) is 4.76. The molecule has 0 spiro atoms. The second-order valence-electron chi connectivity index (χ2n) is 3.27. The second-order valence-corrected chi connectivity index (χ2v) is 3.65. The molecule has 1 amide bonds. The van der Waals surface area contributed by atoms with Crippen LogP contribution in [0.2, 0.25) is 0 Å². The number of aryl methyl sites for hydroxylation is 1. The average molecular weight is 230 g/mol. The predicted octanol–water partition coefficient (Wildman–Crippen LogP) is 3.09. The number of anilines is 1. The minimum Gasteiger partial charge on any atom is -0.323 e. The van der Waals surface area contributed by atoms with Gasteiger partial charge in [0, 0.05) is 12.3 Å². The van der Waals surface area contributed by atoms with Gasteiger partial charge in [0.1, 0.15) is 5.82 Å². The molecule has 1 aromatic rings. The van der Waals surface area contributed by atoms with E-state index in [1.165, 1.54) is 6.07 Å². The van der Waals surface area contributed by atoms with E-state index in [1.54, 1.807) is 19.1 Å². The van der Waals surface area contributed by atoms with Crippen LogP contribution in [0, 0.1) is 12.7 Å². The number of carbonyl (C=O) groups is 1. The molecule has 0 aliphatic heterocycles. The molecule has 2 nitrogen and oxygen atoms in total. The third-order valence-corrected chi connectivity index (χ3v) is 2.29. The number of para-hydroxylation sites is 1. The number of nitrogens with one attached hydrogen (secondary N) is 1. The zero-order valence-corrected chi connectivity index (χ0v) is 9.27. The maximum atomic E-state index is 13.3. The van der Waals surface area contributed by atoms with E-state index in [0.717, 1.165) is 0 Å². The van der Waals surface area contributed by atoms with Gasteiger partial charge in [0.2, 0.25) is 5.91 Å². The Bertz CT molecular complexity index is 334. The minimum absolute atomic E-state index is 0.205. The van der Waals surface area contributed by atoms with Crippen molar-refractivity contribution in [1.82, 2.24) is 0 Å². The highest BCUT2D eigenvalue weighted by Gasteiger charge is 2.08. The molecule has 1 rings (SSSR count). The number of alkyl halides is 1. The van der Waals surface area contributed by atoms with Crippen molar-refractivity contribution in [3.63, 3.8) is 0 Å². The van der Waals surface area contributed by atoms with Crippen LogP contribution < -0.4 is 5.32 Å². The number of hydrogen-bond donors (Lipinski definition) is 1. The van der Waals surface area contributed by atoms with Crippen LogP contribution in [0.5, 0.6) is 0 Å². The van der Waals surface area contributed by atoms with Gasteiger partial charge >= 0.3 is 0 Å². The number of hydrogen-bond acceptors (Lipinski definition) is 1. The summed E-state index contributed by atoms with van der Waals surface area (Å²) in [5.41, 5.74) is 0.978. The second kappa shape index (κ2) is 5.71. The summed E-state index contributed by atoms with van der Waals surface area (Å²) in [5, 5.41) is 2.54. The Morgan fingerprint density at radius 2 is 2.27 bits per heavy atom. The lowest BCUT2D eigenvalue weighted by Gasteiger charge is -2.08. The summed E-state index contributed by atoms with van der Waals surface area (Å²) in [6.45, 7) is 1.75. The van der Waals surface area contributed by atoms with E-state index < -0.39 is 5.82 Å². The van der Waals surface area contributed by atoms with Crippen LogP contribution >= 0.6 is 11.6 Å². The fraction of sp³-hybridized carbons (Fsp3) is 0.364. The number of halogens is 2. The van der Waals surface area contributed by atoms with E-state index in [-0.39, 0.29) is 11.6 Å². The third kappa shape index (κ3) is 3.51. The molecule has 0 saturated carbocycles. The summed E-state index contributed by atoms with van der Waals surface area (Å²) in [4.78, 5) is 11.3. The van der Waals surface area contributed by atoms with E-state index in [1.807, 2.05) is 0 Å². The summed E-state index contributed by atoms with van der Waals surface area (Å²) in [7, 11) is 0. The smallest absolute Gasteiger partial charge is 0.224 e. The minimum atomic E-state index is -0.408. The molecule has 15 heavy (non-hydrogen) atoms. The SMILES string of the molecule is Cc1cccc(F)c1NC(=O)CCCCl. The third-order valence-electron chi connectivity index (χ3n) is 2.02. The molecule has 1 N–H and O–H groups in total. The predicted molar refractivity (Wildman–Crippen MR) is 59.7 cm³/mol. The van der Waals surface area contributed by atoms with Crippen molar-refractivity contribution < 1.29 is 9.18 Å². The van der Waals surface area contributed by atoms with Gasteiger partial charge in [0.15, 0.2) is 0 Å². The van der Waals surface area contributed by atoms with Crippen LogP contribution in [-0.4, -0.2) is 11.8 Å². The van der Waals surface area contributed by atoms with Gasteiger partial charge in [-0.05, 0) is 25.0 Å². The average Bonchev–Trinajstić information content (AvgIpc) is 2.21. The van der Waals surface area contributed by atoms with Crippen LogP contribution in [0.15, 0.2) is 18.2 Å². The summed E-state index contributed by atoms with van der Waals surface area (Å²) in [6, 6.07) is 4.68. The van der Waals surface area contributed by atoms with E-state index in [0.29, 0.717) is 24.3 Å². The highest BCUT2D eigenvalue weighted by atomic mass is 35.5. The van der Waals surface area contributed by atoms with Gasteiger partial charge < -0.3 is 5.32 Å². The van der Waals surface area contributed by atoms with Gasteiger partial charge in [0.05, 0.1) is 5.69 Å². The molecule has 0 atom stereocenters. The number of rotatable bonds is 4. The molecule has 0 unspecified atom stereocenters. The Morgan fingerprint density at radius 1 is 1.53 bits per heavy atom. The maximum Gasteiger partial charge on any atom is 0.224 e. The van der Waals surface area contributed by atoms with E-state index in [4.69, 9.17) is 11.6 Å². The van der Waals surface area contributed by atoms with Crippen LogP contribution in [0.1, 0.15) is 18.4 Å². The van der Waals surface area contributed by atoms with Gasteiger partial charge in [-0.2, -0.15) is 0 Å². The first kappa shape index (κ1) is 12.0. The summed E-state index contributed by atoms with van der Waals surface area (Å²) in [6.07, 6.45) is 0.915. The number of carbonyl (C=O) groups excluding carboxylic acids is 1. The van der Waals surface area contributed by atoms with Gasteiger partial charge in [-0.3, -0.25) is 4.79 Å². The number of amides is 1. The Balaban J connectivity index is 2.68. The summed E-state index contributed by atoms with van der Waals surface area (Å²) < 4.78 is 13.3. The first-order chi connectivity index (χ1) is 7.15. The van der Waals surface area contributed by atoms with Gasteiger partial charge in [-0.1, -0.05) is 12.1 Å². The summed E-state index contributed by atoms with van der Waals surface area (Å²) >= 11 is 5.46. The summed E-state index contributed by atoms with van der Waals surface area (Å²) in [5.74, 6) is -0.179. The molecule has 4 heteroatoms. The molecule has 0 heterocycles. The van der Waals surface area contributed by atoms with E-state index in [9.17, 15) is 9.18 Å². The first-order valence-corrected chi connectivity index (χ1v) is 5.29. The van der Waals surface area contributed by atoms with Gasteiger partial charge in [-0.25, -0.2) is 4.39 Å². The molecular formula is C11H13ClFNO. The quantitative estimate of drug-likeness (QED) is 0.790. The Labute approximate surface area is 93.4 Å².